The summed E-state index contributed by atoms with van der Waals surface area (Å²) in [4.78, 5) is 0. The van der Waals surface area contributed by atoms with Crippen LogP contribution >= 0.6 is 0 Å². The zero-order chi connectivity index (χ0) is 14.0. The summed E-state index contributed by atoms with van der Waals surface area (Å²) in [5, 5.41) is 12.0. The van der Waals surface area contributed by atoms with Crippen molar-refractivity contribution in [1.29, 1.82) is 0 Å². The summed E-state index contributed by atoms with van der Waals surface area (Å²) in [6.45, 7) is 1.78. The van der Waals surface area contributed by atoms with Gasteiger partial charge in [0.1, 0.15) is 0 Å². The molecule has 4 heteroatoms. The number of hydrogen-bond donors (Lipinski definition) is 2. The number of ether oxygens (including phenoxy) is 2. The van der Waals surface area contributed by atoms with E-state index >= 15 is 0 Å². The highest BCUT2D eigenvalue weighted by Crippen LogP contribution is 2.33. The normalized spacial score (nSPS) is 14.2. The van der Waals surface area contributed by atoms with Crippen molar-refractivity contribution in [2.45, 2.75) is 19.1 Å². The minimum Gasteiger partial charge on any atom is -0.493 e. The Morgan fingerprint density at radius 1 is 1.00 bits per heavy atom. The molecule has 2 rings (SSSR count). The van der Waals surface area contributed by atoms with Gasteiger partial charge in [0.25, 0.3) is 0 Å². The number of benzene rings is 2. The van der Waals surface area contributed by atoms with Gasteiger partial charge < -0.3 is 20.3 Å². The van der Waals surface area contributed by atoms with Gasteiger partial charge in [0.05, 0.1) is 20.3 Å². The average Bonchev–Trinajstić information content (AvgIpc) is 2.44. The Morgan fingerprint density at radius 3 is 2.11 bits per heavy atom. The van der Waals surface area contributed by atoms with Crippen molar-refractivity contribution in [3.63, 3.8) is 0 Å². The average molecular weight is 261 g/mol. The van der Waals surface area contributed by atoms with Gasteiger partial charge >= 0.3 is 0 Å². The predicted octanol–water partition coefficient (Wildman–Crippen LogP) is 2.24. The van der Waals surface area contributed by atoms with Gasteiger partial charge in [-0.15, -0.1) is 0 Å². The van der Waals surface area contributed by atoms with Crippen LogP contribution in [-0.2, 0) is 0 Å². The maximum absolute atomic E-state index is 10.0. The minimum absolute atomic E-state index is 0.308. The molecule has 0 amide bonds. The lowest BCUT2D eigenvalue weighted by molar-refractivity contribution is 0.153. The predicted molar refractivity (Wildman–Crippen MR) is 75.7 cm³/mol. The van der Waals surface area contributed by atoms with Crippen molar-refractivity contribution in [2.75, 3.05) is 14.2 Å². The zero-order valence-corrected chi connectivity index (χ0v) is 11.4. The van der Waals surface area contributed by atoms with E-state index in [1.165, 1.54) is 0 Å². The van der Waals surface area contributed by atoms with E-state index in [2.05, 4.69) is 0 Å². The van der Waals surface area contributed by atoms with Gasteiger partial charge in [0.2, 0.25) is 0 Å². The first kappa shape index (κ1) is 13.6. The van der Waals surface area contributed by atoms with Crippen molar-refractivity contribution >= 4 is 10.8 Å². The lowest BCUT2D eigenvalue weighted by atomic mass is 10.00. The van der Waals surface area contributed by atoms with Gasteiger partial charge in [-0.3, -0.25) is 0 Å². The number of hydrogen-bond acceptors (Lipinski definition) is 4. The Balaban J connectivity index is 2.53. The molecule has 0 spiro atoms. The molecule has 19 heavy (non-hydrogen) atoms. The second-order valence-corrected chi connectivity index (χ2v) is 4.62. The molecule has 0 radical (unpaired) electrons. The topological polar surface area (TPSA) is 64.7 Å². The van der Waals surface area contributed by atoms with E-state index in [-0.39, 0.29) is 6.04 Å². The lowest BCUT2D eigenvalue weighted by Crippen LogP contribution is -2.24. The first-order valence-electron chi connectivity index (χ1n) is 6.16. The SMILES string of the molecule is COc1cc2ccc(C(O)C(C)N)cc2cc1OC. The molecular formula is C15H19NO3. The molecule has 4 nitrogen and oxygen atoms in total. The third-order valence-corrected chi connectivity index (χ3v) is 3.21. The summed E-state index contributed by atoms with van der Waals surface area (Å²) in [5.74, 6) is 1.36. The molecule has 2 unspecified atom stereocenters. The molecule has 0 aromatic heterocycles. The van der Waals surface area contributed by atoms with Gasteiger partial charge in [-0.2, -0.15) is 0 Å². The summed E-state index contributed by atoms with van der Waals surface area (Å²) in [6.07, 6.45) is -0.669. The van der Waals surface area contributed by atoms with Crippen molar-refractivity contribution in [1.82, 2.24) is 0 Å². The van der Waals surface area contributed by atoms with Crippen LogP contribution in [0.3, 0.4) is 0 Å². The molecule has 2 aromatic rings. The number of fused-ring (bicyclic) bond motifs is 1. The van der Waals surface area contributed by atoms with Crippen LogP contribution in [-0.4, -0.2) is 25.4 Å². The van der Waals surface area contributed by atoms with Crippen LogP contribution in [0.25, 0.3) is 10.8 Å². The fourth-order valence-corrected chi connectivity index (χ4v) is 2.08. The number of aliphatic hydroxyl groups excluding tert-OH is 1. The van der Waals surface area contributed by atoms with Crippen LogP contribution in [0.2, 0.25) is 0 Å². The highest BCUT2D eigenvalue weighted by Gasteiger charge is 2.13. The third kappa shape index (κ3) is 2.64. The molecule has 0 aliphatic heterocycles. The quantitative estimate of drug-likeness (QED) is 0.886. The summed E-state index contributed by atoms with van der Waals surface area (Å²) in [6, 6.07) is 9.24. The molecule has 102 valence electrons. The minimum atomic E-state index is -0.669. The second-order valence-electron chi connectivity index (χ2n) is 4.62. The third-order valence-electron chi connectivity index (χ3n) is 3.21. The fraction of sp³-hybridized carbons (Fsp3) is 0.333. The van der Waals surface area contributed by atoms with Crippen molar-refractivity contribution in [2.24, 2.45) is 5.73 Å². The van der Waals surface area contributed by atoms with E-state index in [4.69, 9.17) is 15.2 Å². The zero-order valence-electron chi connectivity index (χ0n) is 11.4. The summed E-state index contributed by atoms with van der Waals surface area (Å²) in [7, 11) is 3.21. The Morgan fingerprint density at radius 2 is 1.58 bits per heavy atom. The fourth-order valence-electron chi connectivity index (χ4n) is 2.08. The molecule has 0 saturated heterocycles. The van der Waals surface area contributed by atoms with Crippen molar-refractivity contribution in [3.8, 4) is 11.5 Å². The lowest BCUT2D eigenvalue weighted by Gasteiger charge is -2.16. The van der Waals surface area contributed by atoms with Gasteiger partial charge in [0.15, 0.2) is 11.5 Å². The molecule has 0 bridgehead atoms. The van der Waals surface area contributed by atoms with Crippen LogP contribution in [0.1, 0.15) is 18.6 Å². The Labute approximate surface area is 112 Å². The van der Waals surface area contributed by atoms with E-state index in [0.29, 0.717) is 11.5 Å². The molecular weight excluding hydrogens is 242 g/mol. The number of methoxy groups -OCH3 is 2. The maximum atomic E-state index is 10.0. The van der Waals surface area contributed by atoms with E-state index in [1.807, 2.05) is 30.3 Å². The summed E-state index contributed by atoms with van der Waals surface area (Å²) >= 11 is 0. The van der Waals surface area contributed by atoms with E-state index in [9.17, 15) is 5.11 Å². The molecule has 0 fully saturated rings. The standard InChI is InChI=1S/C15H19NO3/c1-9(16)15(17)11-5-4-10-7-13(18-2)14(19-3)8-12(10)6-11/h4-9,15,17H,16H2,1-3H3. The smallest absolute Gasteiger partial charge is 0.161 e. The highest BCUT2D eigenvalue weighted by atomic mass is 16.5. The van der Waals surface area contributed by atoms with E-state index < -0.39 is 6.10 Å². The monoisotopic (exact) mass is 261 g/mol. The van der Waals surface area contributed by atoms with Gasteiger partial charge in [-0.05, 0) is 41.5 Å². The van der Waals surface area contributed by atoms with Crippen molar-refractivity contribution in [3.05, 3.63) is 35.9 Å². The highest BCUT2D eigenvalue weighted by molar-refractivity contribution is 5.86. The summed E-state index contributed by atoms with van der Waals surface area (Å²) < 4.78 is 10.5. The van der Waals surface area contributed by atoms with Crippen LogP contribution in [0.4, 0.5) is 0 Å². The molecule has 0 saturated carbocycles. The Kier molecular flexibility index (Phi) is 3.93. The molecule has 0 aliphatic rings. The van der Waals surface area contributed by atoms with Crippen molar-refractivity contribution < 1.29 is 14.6 Å². The van der Waals surface area contributed by atoms with Gasteiger partial charge in [-0.25, -0.2) is 0 Å². The second kappa shape index (κ2) is 5.47. The molecule has 0 heterocycles. The van der Waals surface area contributed by atoms with Crippen LogP contribution in [0, 0.1) is 0 Å². The number of aliphatic hydroxyl groups is 1. The molecule has 3 N–H and O–H groups in total. The number of rotatable bonds is 4. The largest absolute Gasteiger partial charge is 0.493 e. The van der Waals surface area contributed by atoms with Crippen LogP contribution in [0.5, 0.6) is 11.5 Å². The van der Waals surface area contributed by atoms with Crippen LogP contribution in [0.15, 0.2) is 30.3 Å². The Bertz CT molecular complexity index is 581. The maximum Gasteiger partial charge on any atom is 0.161 e. The molecule has 0 aliphatic carbocycles. The van der Waals surface area contributed by atoms with Crippen LogP contribution < -0.4 is 15.2 Å². The Hall–Kier alpha value is -1.78. The summed E-state index contributed by atoms with van der Waals surface area (Å²) in [5.41, 5.74) is 6.52. The molecule has 2 atom stereocenters. The molecule has 2 aromatic carbocycles. The van der Waals surface area contributed by atoms with Gasteiger partial charge in [-0.1, -0.05) is 12.1 Å². The van der Waals surface area contributed by atoms with E-state index in [0.717, 1.165) is 16.3 Å². The number of nitrogens with two attached hydrogens (primary N) is 1. The van der Waals surface area contributed by atoms with E-state index in [1.54, 1.807) is 21.1 Å². The van der Waals surface area contributed by atoms with Gasteiger partial charge in [0, 0.05) is 6.04 Å². The first-order valence-corrected chi connectivity index (χ1v) is 6.16. The first-order chi connectivity index (χ1) is 9.06.